The number of aliphatic carboxylic acids is 1. The second-order valence-corrected chi connectivity index (χ2v) is 8.29. The van der Waals surface area contributed by atoms with Crippen LogP contribution in [0.2, 0.25) is 0 Å². The number of nitrogens with zero attached hydrogens (tertiary/aromatic N) is 2. The predicted octanol–water partition coefficient (Wildman–Crippen LogP) is 5.01. The normalized spacial score (nSPS) is 11.0. The molecule has 0 radical (unpaired) electrons. The molecule has 8 nitrogen and oxygen atoms in total. The van der Waals surface area contributed by atoms with Crippen molar-refractivity contribution in [2.45, 2.75) is 32.1 Å². The molecule has 0 aliphatic rings. The number of anilines is 2. The third-order valence-electron chi connectivity index (χ3n) is 5.80. The van der Waals surface area contributed by atoms with E-state index in [1.807, 2.05) is 48.5 Å². The molecule has 0 spiro atoms. The number of para-hydroxylation sites is 2. The summed E-state index contributed by atoms with van der Waals surface area (Å²) >= 11 is 0. The maximum Gasteiger partial charge on any atom is 0.303 e. The lowest BCUT2D eigenvalue weighted by molar-refractivity contribution is -0.137. The first-order valence-corrected chi connectivity index (χ1v) is 11.5. The van der Waals surface area contributed by atoms with E-state index in [1.54, 1.807) is 24.5 Å². The van der Waals surface area contributed by atoms with Crippen molar-refractivity contribution < 1.29 is 19.5 Å². The smallest absolute Gasteiger partial charge is 0.303 e. The summed E-state index contributed by atoms with van der Waals surface area (Å²) in [5, 5.41) is 16.4. The number of carboxylic acid groups (broad SMARTS) is 1. The monoisotopic (exact) mass is 470 g/mol. The molecular weight excluding hydrogens is 444 g/mol. The van der Waals surface area contributed by atoms with Crippen molar-refractivity contribution in [2.24, 2.45) is 5.92 Å². The van der Waals surface area contributed by atoms with E-state index in [9.17, 15) is 14.4 Å². The zero-order chi connectivity index (χ0) is 24.6. The summed E-state index contributed by atoms with van der Waals surface area (Å²) in [7, 11) is 0. The minimum atomic E-state index is -0.974. The Morgan fingerprint density at radius 3 is 1.74 bits per heavy atom. The predicted molar refractivity (Wildman–Crippen MR) is 135 cm³/mol. The first-order valence-electron chi connectivity index (χ1n) is 11.5. The minimum absolute atomic E-state index is 0.0619. The van der Waals surface area contributed by atoms with E-state index in [0.717, 1.165) is 10.8 Å². The van der Waals surface area contributed by atoms with Crippen LogP contribution in [0.25, 0.3) is 21.8 Å². The van der Waals surface area contributed by atoms with Gasteiger partial charge in [-0.3, -0.25) is 24.4 Å². The number of rotatable bonds is 10. The van der Waals surface area contributed by atoms with Gasteiger partial charge in [0.05, 0.1) is 22.4 Å². The van der Waals surface area contributed by atoms with Gasteiger partial charge in [0.25, 0.3) is 0 Å². The standard InChI is InChI=1S/C27H26N4O4/c32-23(33)15-3-1-2-12-20(26(34)30-21-13-4-8-18-10-6-16-28-24(18)21)27(35)31-22-14-5-9-19-11-7-17-29-25(19)22/h4-11,13-14,16-17,20H,1-3,12,15H2,(H,30,34)(H,31,35)(H,32,33). The van der Waals surface area contributed by atoms with Gasteiger partial charge in [-0.2, -0.15) is 0 Å². The molecule has 2 aromatic heterocycles. The third kappa shape index (κ3) is 5.97. The Bertz CT molecular complexity index is 1270. The highest BCUT2D eigenvalue weighted by atomic mass is 16.4. The number of hydrogen-bond donors (Lipinski definition) is 3. The van der Waals surface area contributed by atoms with Crippen LogP contribution in [-0.2, 0) is 14.4 Å². The largest absolute Gasteiger partial charge is 0.481 e. The average molecular weight is 471 g/mol. The van der Waals surface area contributed by atoms with Gasteiger partial charge in [0.1, 0.15) is 5.92 Å². The van der Waals surface area contributed by atoms with Crippen molar-refractivity contribution in [3.05, 3.63) is 73.1 Å². The number of pyridine rings is 2. The van der Waals surface area contributed by atoms with Gasteiger partial charge in [-0.15, -0.1) is 0 Å². The van der Waals surface area contributed by atoms with E-state index in [-0.39, 0.29) is 12.8 Å². The zero-order valence-corrected chi connectivity index (χ0v) is 19.1. The first kappa shape index (κ1) is 23.8. The molecule has 0 bridgehead atoms. The SMILES string of the molecule is O=C(O)CCCCCC(C(=O)Nc1cccc2cccnc12)C(=O)Nc1cccc2cccnc12. The molecule has 0 fully saturated rings. The van der Waals surface area contributed by atoms with Gasteiger partial charge in [-0.25, -0.2) is 0 Å². The van der Waals surface area contributed by atoms with Crippen LogP contribution in [0.5, 0.6) is 0 Å². The average Bonchev–Trinajstić information content (AvgIpc) is 2.86. The second-order valence-electron chi connectivity index (χ2n) is 8.29. The summed E-state index contributed by atoms with van der Waals surface area (Å²) < 4.78 is 0. The van der Waals surface area contributed by atoms with E-state index >= 15 is 0 Å². The van der Waals surface area contributed by atoms with Crippen LogP contribution >= 0.6 is 0 Å². The Morgan fingerprint density at radius 1 is 0.714 bits per heavy atom. The summed E-state index contributed by atoms with van der Waals surface area (Å²) in [5.41, 5.74) is 2.34. The van der Waals surface area contributed by atoms with Gasteiger partial charge in [-0.1, -0.05) is 49.2 Å². The Morgan fingerprint density at radius 2 is 1.23 bits per heavy atom. The lowest BCUT2D eigenvalue weighted by atomic mass is 9.98. The number of benzene rings is 2. The number of carbonyl (C=O) groups excluding carboxylic acids is 2. The Kier molecular flexibility index (Phi) is 7.62. The number of carboxylic acids is 1. The van der Waals surface area contributed by atoms with Gasteiger partial charge in [0, 0.05) is 29.6 Å². The number of carbonyl (C=O) groups is 3. The van der Waals surface area contributed by atoms with Gasteiger partial charge in [0.2, 0.25) is 11.8 Å². The molecule has 8 heteroatoms. The Hall–Kier alpha value is -4.33. The van der Waals surface area contributed by atoms with Crippen LogP contribution in [0.15, 0.2) is 73.1 Å². The summed E-state index contributed by atoms with van der Waals surface area (Å²) in [6, 6.07) is 18.4. The molecule has 0 atom stereocenters. The van der Waals surface area contributed by atoms with Gasteiger partial charge in [0.15, 0.2) is 0 Å². The van der Waals surface area contributed by atoms with Crippen LogP contribution in [0.3, 0.4) is 0 Å². The second kappa shape index (κ2) is 11.2. The molecule has 2 amide bonds. The molecule has 2 heterocycles. The highest BCUT2D eigenvalue weighted by Gasteiger charge is 2.27. The Balaban J connectivity index is 1.54. The zero-order valence-electron chi connectivity index (χ0n) is 19.1. The number of hydrogen-bond acceptors (Lipinski definition) is 5. The molecule has 2 aromatic carbocycles. The van der Waals surface area contributed by atoms with E-state index in [2.05, 4.69) is 20.6 Å². The van der Waals surface area contributed by atoms with Crippen LogP contribution in [0.1, 0.15) is 32.1 Å². The number of fused-ring (bicyclic) bond motifs is 2. The van der Waals surface area contributed by atoms with Gasteiger partial charge >= 0.3 is 5.97 Å². The quantitative estimate of drug-likeness (QED) is 0.221. The van der Waals surface area contributed by atoms with Crippen molar-refractivity contribution in [1.29, 1.82) is 0 Å². The van der Waals surface area contributed by atoms with Crippen molar-refractivity contribution in [1.82, 2.24) is 9.97 Å². The Labute approximate surface area is 202 Å². The summed E-state index contributed by atoms with van der Waals surface area (Å²) in [4.78, 5) is 46.1. The first-order chi connectivity index (χ1) is 17.0. The third-order valence-corrected chi connectivity index (χ3v) is 5.80. The number of aromatic nitrogens is 2. The van der Waals surface area contributed by atoms with Crippen molar-refractivity contribution in [2.75, 3.05) is 10.6 Å². The molecule has 178 valence electrons. The fourth-order valence-corrected chi connectivity index (χ4v) is 4.03. The van der Waals surface area contributed by atoms with Gasteiger partial charge < -0.3 is 15.7 Å². The van der Waals surface area contributed by atoms with Crippen LogP contribution in [0, 0.1) is 5.92 Å². The number of amides is 2. The van der Waals surface area contributed by atoms with E-state index in [4.69, 9.17) is 5.11 Å². The minimum Gasteiger partial charge on any atom is -0.481 e. The highest BCUT2D eigenvalue weighted by Crippen LogP contribution is 2.25. The molecule has 0 aliphatic carbocycles. The topological polar surface area (TPSA) is 121 Å². The molecule has 4 rings (SSSR count). The molecule has 3 N–H and O–H groups in total. The van der Waals surface area contributed by atoms with Crippen LogP contribution in [0.4, 0.5) is 11.4 Å². The lowest BCUT2D eigenvalue weighted by Crippen LogP contribution is -2.34. The van der Waals surface area contributed by atoms with Crippen molar-refractivity contribution >= 4 is 51.0 Å². The van der Waals surface area contributed by atoms with Crippen molar-refractivity contribution in [3.63, 3.8) is 0 Å². The molecule has 0 saturated heterocycles. The van der Waals surface area contributed by atoms with Crippen LogP contribution in [-0.4, -0.2) is 32.9 Å². The molecular formula is C27H26N4O4. The van der Waals surface area contributed by atoms with Crippen molar-refractivity contribution in [3.8, 4) is 0 Å². The number of unbranched alkanes of at least 4 members (excludes halogenated alkanes) is 2. The van der Waals surface area contributed by atoms with E-state index in [0.29, 0.717) is 41.7 Å². The van der Waals surface area contributed by atoms with E-state index < -0.39 is 23.7 Å². The maximum absolute atomic E-state index is 13.3. The lowest BCUT2D eigenvalue weighted by Gasteiger charge is -2.18. The molecule has 35 heavy (non-hydrogen) atoms. The number of nitrogens with one attached hydrogen (secondary N) is 2. The maximum atomic E-state index is 13.3. The van der Waals surface area contributed by atoms with E-state index in [1.165, 1.54) is 0 Å². The fourth-order valence-electron chi connectivity index (χ4n) is 4.03. The molecule has 4 aromatic rings. The highest BCUT2D eigenvalue weighted by molar-refractivity contribution is 6.14. The summed E-state index contributed by atoms with van der Waals surface area (Å²) in [6.07, 6.45) is 5.29. The van der Waals surface area contributed by atoms with Crippen LogP contribution < -0.4 is 10.6 Å². The van der Waals surface area contributed by atoms with Gasteiger partial charge in [-0.05, 0) is 37.1 Å². The summed E-state index contributed by atoms with van der Waals surface area (Å²) in [5.74, 6) is -2.71. The molecule has 0 aliphatic heterocycles. The fraction of sp³-hybridized carbons (Fsp3) is 0.222. The molecule has 0 unspecified atom stereocenters. The summed E-state index contributed by atoms with van der Waals surface area (Å²) in [6.45, 7) is 0. The molecule has 0 saturated carbocycles.